The highest BCUT2D eigenvalue weighted by atomic mass is 32.2. The lowest BCUT2D eigenvalue weighted by Crippen LogP contribution is -2.34. The standard InChI is InChI=1S/C17H23N3O4S/c1-23-16-6-4-14(5-7-16)17-18-15(13-24-17)12-19-8-3-9-20(11-10-19)25(2,21)22/h4-7,13H,3,8-12H2,1-2H3. The third kappa shape index (κ3) is 4.59. The summed E-state index contributed by atoms with van der Waals surface area (Å²) in [6.07, 6.45) is 3.75. The third-order valence-corrected chi connectivity index (χ3v) is 5.59. The van der Waals surface area contributed by atoms with E-state index < -0.39 is 10.0 Å². The van der Waals surface area contributed by atoms with Crippen molar-refractivity contribution in [1.82, 2.24) is 14.2 Å². The Morgan fingerprint density at radius 2 is 1.92 bits per heavy atom. The maximum atomic E-state index is 11.7. The molecule has 1 aliphatic rings. The van der Waals surface area contributed by atoms with E-state index in [0.29, 0.717) is 32.1 Å². The number of sulfonamides is 1. The van der Waals surface area contributed by atoms with Crippen LogP contribution in [0.1, 0.15) is 12.1 Å². The van der Waals surface area contributed by atoms with Gasteiger partial charge >= 0.3 is 0 Å². The van der Waals surface area contributed by atoms with Crippen molar-refractivity contribution in [3.8, 4) is 17.2 Å². The van der Waals surface area contributed by atoms with Crippen molar-refractivity contribution in [2.24, 2.45) is 0 Å². The molecule has 1 aliphatic heterocycles. The lowest BCUT2D eigenvalue weighted by molar-refractivity contribution is 0.275. The highest BCUT2D eigenvalue weighted by Crippen LogP contribution is 2.22. The summed E-state index contributed by atoms with van der Waals surface area (Å²) in [5.41, 5.74) is 1.74. The van der Waals surface area contributed by atoms with Crippen molar-refractivity contribution in [3.63, 3.8) is 0 Å². The van der Waals surface area contributed by atoms with Gasteiger partial charge in [-0.2, -0.15) is 0 Å². The molecule has 0 amide bonds. The summed E-state index contributed by atoms with van der Waals surface area (Å²) in [6, 6.07) is 7.55. The molecule has 2 heterocycles. The number of oxazole rings is 1. The predicted octanol–water partition coefficient (Wildman–Crippen LogP) is 1.82. The quantitative estimate of drug-likeness (QED) is 0.804. The summed E-state index contributed by atoms with van der Waals surface area (Å²) >= 11 is 0. The van der Waals surface area contributed by atoms with Crippen molar-refractivity contribution in [2.75, 3.05) is 39.5 Å². The van der Waals surface area contributed by atoms with Gasteiger partial charge in [0.2, 0.25) is 15.9 Å². The molecular formula is C17H23N3O4S. The Kier molecular flexibility index (Phi) is 5.41. The highest BCUT2D eigenvalue weighted by molar-refractivity contribution is 7.88. The molecule has 1 fully saturated rings. The molecule has 8 heteroatoms. The van der Waals surface area contributed by atoms with Crippen LogP contribution < -0.4 is 4.74 Å². The van der Waals surface area contributed by atoms with Crippen molar-refractivity contribution in [1.29, 1.82) is 0 Å². The molecule has 0 N–H and O–H groups in total. The normalized spacial score (nSPS) is 17.4. The van der Waals surface area contributed by atoms with E-state index in [4.69, 9.17) is 9.15 Å². The molecule has 1 aromatic heterocycles. The maximum Gasteiger partial charge on any atom is 0.226 e. The fourth-order valence-corrected chi connectivity index (χ4v) is 3.79. The van der Waals surface area contributed by atoms with Gasteiger partial charge in [-0.1, -0.05) is 0 Å². The summed E-state index contributed by atoms with van der Waals surface area (Å²) in [5.74, 6) is 1.36. The molecule has 0 atom stereocenters. The van der Waals surface area contributed by atoms with E-state index in [1.165, 1.54) is 6.26 Å². The predicted molar refractivity (Wildman–Crippen MR) is 94.8 cm³/mol. The first-order valence-electron chi connectivity index (χ1n) is 8.22. The van der Waals surface area contributed by atoms with E-state index in [1.54, 1.807) is 17.7 Å². The monoisotopic (exact) mass is 365 g/mol. The first-order valence-corrected chi connectivity index (χ1v) is 10.1. The second kappa shape index (κ2) is 7.55. The number of nitrogens with zero attached hydrogens (tertiary/aromatic N) is 3. The van der Waals surface area contributed by atoms with Crippen LogP contribution in [0.25, 0.3) is 11.5 Å². The number of benzene rings is 1. The smallest absolute Gasteiger partial charge is 0.226 e. The largest absolute Gasteiger partial charge is 0.497 e. The maximum absolute atomic E-state index is 11.7. The Bertz CT molecular complexity index is 802. The summed E-state index contributed by atoms with van der Waals surface area (Å²) in [5, 5.41) is 0. The second-order valence-electron chi connectivity index (χ2n) is 6.16. The molecule has 25 heavy (non-hydrogen) atoms. The Morgan fingerprint density at radius 1 is 1.16 bits per heavy atom. The molecule has 7 nitrogen and oxygen atoms in total. The first-order chi connectivity index (χ1) is 12.0. The molecule has 0 saturated carbocycles. The van der Waals surface area contributed by atoms with Crippen molar-refractivity contribution < 1.29 is 17.6 Å². The Labute approximate surface area is 148 Å². The summed E-state index contributed by atoms with van der Waals surface area (Å²) < 4.78 is 35.6. The van der Waals surface area contributed by atoms with E-state index in [-0.39, 0.29) is 0 Å². The van der Waals surface area contributed by atoms with Gasteiger partial charge < -0.3 is 9.15 Å². The van der Waals surface area contributed by atoms with Crippen molar-refractivity contribution >= 4 is 10.0 Å². The van der Waals surface area contributed by atoms with Crippen molar-refractivity contribution in [2.45, 2.75) is 13.0 Å². The van der Waals surface area contributed by atoms with Crippen LogP contribution in [-0.4, -0.2) is 62.2 Å². The van der Waals surface area contributed by atoms with Gasteiger partial charge in [-0.3, -0.25) is 4.90 Å². The topological polar surface area (TPSA) is 75.9 Å². The van der Waals surface area contributed by atoms with Crippen molar-refractivity contribution in [3.05, 3.63) is 36.2 Å². The Hall–Kier alpha value is -1.90. The fraction of sp³-hybridized carbons (Fsp3) is 0.471. The summed E-state index contributed by atoms with van der Waals surface area (Å²) in [6.45, 7) is 3.28. The van der Waals surface area contributed by atoms with E-state index >= 15 is 0 Å². The lowest BCUT2D eigenvalue weighted by atomic mass is 10.2. The highest BCUT2D eigenvalue weighted by Gasteiger charge is 2.22. The number of rotatable bonds is 5. The molecule has 136 valence electrons. The minimum atomic E-state index is -3.12. The van der Waals surface area contributed by atoms with Gasteiger partial charge in [0, 0.05) is 31.7 Å². The lowest BCUT2D eigenvalue weighted by Gasteiger charge is -2.19. The number of hydrogen-bond donors (Lipinski definition) is 0. The molecule has 0 unspecified atom stereocenters. The van der Waals surface area contributed by atoms with Crippen LogP contribution >= 0.6 is 0 Å². The van der Waals surface area contributed by atoms with E-state index in [0.717, 1.165) is 30.0 Å². The second-order valence-corrected chi connectivity index (χ2v) is 8.15. The molecule has 0 spiro atoms. The summed E-state index contributed by atoms with van der Waals surface area (Å²) in [4.78, 5) is 6.76. The molecule has 0 aliphatic carbocycles. The van der Waals surface area contributed by atoms with Crippen LogP contribution in [0.3, 0.4) is 0 Å². The van der Waals surface area contributed by atoms with Crippen LogP contribution in [0.2, 0.25) is 0 Å². The van der Waals surface area contributed by atoms with Gasteiger partial charge in [-0.15, -0.1) is 0 Å². The molecule has 0 radical (unpaired) electrons. The van der Waals surface area contributed by atoms with Gasteiger partial charge in [-0.05, 0) is 37.2 Å². The third-order valence-electron chi connectivity index (χ3n) is 4.29. The summed E-state index contributed by atoms with van der Waals surface area (Å²) in [7, 11) is -1.49. The molecule has 2 aromatic rings. The molecule has 0 bridgehead atoms. The number of hydrogen-bond acceptors (Lipinski definition) is 6. The van der Waals surface area contributed by atoms with E-state index in [2.05, 4.69) is 9.88 Å². The molecule has 1 saturated heterocycles. The molecule has 3 rings (SSSR count). The zero-order chi connectivity index (χ0) is 17.9. The van der Waals surface area contributed by atoms with Crippen LogP contribution in [-0.2, 0) is 16.6 Å². The van der Waals surface area contributed by atoms with Gasteiger partial charge in [0.05, 0.1) is 19.1 Å². The number of methoxy groups -OCH3 is 1. The molecule has 1 aromatic carbocycles. The Balaban J connectivity index is 1.63. The fourth-order valence-electron chi connectivity index (χ4n) is 2.91. The Morgan fingerprint density at radius 3 is 2.60 bits per heavy atom. The van der Waals surface area contributed by atoms with E-state index in [1.807, 2.05) is 24.3 Å². The zero-order valence-electron chi connectivity index (χ0n) is 14.5. The van der Waals surface area contributed by atoms with E-state index in [9.17, 15) is 8.42 Å². The average molecular weight is 365 g/mol. The molecular weight excluding hydrogens is 342 g/mol. The average Bonchev–Trinajstić information content (AvgIpc) is 2.91. The van der Waals surface area contributed by atoms with Gasteiger partial charge in [0.15, 0.2) is 0 Å². The number of ether oxygens (including phenoxy) is 1. The van der Waals surface area contributed by atoms with Crippen LogP contribution in [0.4, 0.5) is 0 Å². The minimum Gasteiger partial charge on any atom is -0.497 e. The van der Waals surface area contributed by atoms with Gasteiger partial charge in [0.25, 0.3) is 0 Å². The minimum absolute atomic E-state index is 0.516. The number of aromatic nitrogens is 1. The van der Waals surface area contributed by atoms with Crippen LogP contribution in [0.5, 0.6) is 5.75 Å². The van der Waals surface area contributed by atoms with Crippen LogP contribution in [0.15, 0.2) is 34.9 Å². The van der Waals surface area contributed by atoms with Crippen LogP contribution in [0, 0.1) is 0 Å². The zero-order valence-corrected chi connectivity index (χ0v) is 15.3. The first kappa shape index (κ1) is 17.9. The SMILES string of the molecule is COc1ccc(-c2nc(CN3CCCN(S(C)(=O)=O)CC3)co2)cc1. The van der Waals surface area contributed by atoms with Gasteiger partial charge in [-0.25, -0.2) is 17.7 Å². The van der Waals surface area contributed by atoms with Gasteiger partial charge in [0.1, 0.15) is 12.0 Å².